The summed E-state index contributed by atoms with van der Waals surface area (Å²) in [5.41, 5.74) is 1.36. The van der Waals surface area contributed by atoms with Crippen molar-refractivity contribution in [3.05, 3.63) is 51.5 Å². The smallest absolute Gasteiger partial charge is 0.260 e. The second-order valence-corrected chi connectivity index (χ2v) is 10.7. The molecule has 0 aliphatic heterocycles. The summed E-state index contributed by atoms with van der Waals surface area (Å²) < 4.78 is 26.7. The van der Waals surface area contributed by atoms with E-state index in [9.17, 15) is 13.2 Å². The number of carbonyl (C=O) groups excluding carboxylic acids is 1. The highest BCUT2D eigenvalue weighted by Crippen LogP contribution is 2.33. The van der Waals surface area contributed by atoms with E-state index in [-0.39, 0.29) is 10.8 Å². The monoisotopic (exact) mass is 483 g/mol. The SMILES string of the molecule is C=CCN(C(=O)c1ccc(Br)c(S(=O)(=O)N(C)C)c1)c1nc2c(s1)CCCC2. The number of fused-ring (bicyclic) bond motifs is 1. The summed E-state index contributed by atoms with van der Waals surface area (Å²) in [5, 5.41) is 0.636. The van der Waals surface area contributed by atoms with E-state index >= 15 is 0 Å². The first-order valence-electron chi connectivity index (χ1n) is 8.89. The normalized spacial score (nSPS) is 14.0. The number of sulfonamides is 1. The van der Waals surface area contributed by atoms with Crippen LogP contribution in [-0.4, -0.2) is 44.3 Å². The third-order valence-corrected chi connectivity index (χ3v) is 8.55. The van der Waals surface area contributed by atoms with Crippen molar-refractivity contribution in [3.8, 4) is 0 Å². The van der Waals surface area contributed by atoms with Crippen LogP contribution in [0.2, 0.25) is 0 Å². The van der Waals surface area contributed by atoms with E-state index < -0.39 is 10.0 Å². The molecule has 0 N–H and O–H groups in total. The van der Waals surface area contributed by atoms with E-state index in [1.807, 2.05) is 0 Å². The zero-order valence-corrected chi connectivity index (χ0v) is 19.0. The van der Waals surface area contributed by atoms with E-state index in [0.717, 1.165) is 35.7 Å². The maximum atomic E-state index is 13.2. The summed E-state index contributed by atoms with van der Waals surface area (Å²) in [6.45, 7) is 4.05. The van der Waals surface area contributed by atoms with Crippen molar-refractivity contribution < 1.29 is 13.2 Å². The van der Waals surface area contributed by atoms with Crippen molar-refractivity contribution in [1.29, 1.82) is 0 Å². The van der Waals surface area contributed by atoms with Gasteiger partial charge in [0.1, 0.15) is 0 Å². The first-order valence-corrected chi connectivity index (χ1v) is 11.9. The largest absolute Gasteiger partial charge is 0.280 e. The quantitative estimate of drug-likeness (QED) is 0.584. The van der Waals surface area contributed by atoms with Gasteiger partial charge in [0.05, 0.1) is 10.6 Å². The van der Waals surface area contributed by atoms with Crippen LogP contribution in [0.3, 0.4) is 0 Å². The number of benzene rings is 1. The van der Waals surface area contributed by atoms with E-state index in [1.54, 1.807) is 23.1 Å². The molecule has 1 aliphatic carbocycles. The number of rotatable bonds is 6. The number of thiazole rings is 1. The van der Waals surface area contributed by atoms with Gasteiger partial charge in [0.15, 0.2) is 5.13 Å². The van der Waals surface area contributed by atoms with Gasteiger partial charge >= 0.3 is 0 Å². The number of hydrogen-bond acceptors (Lipinski definition) is 5. The van der Waals surface area contributed by atoms with Crippen LogP contribution < -0.4 is 4.90 Å². The van der Waals surface area contributed by atoms with Gasteiger partial charge in [-0.1, -0.05) is 6.08 Å². The van der Waals surface area contributed by atoms with Crippen LogP contribution in [-0.2, 0) is 22.9 Å². The van der Waals surface area contributed by atoms with Gasteiger partial charge < -0.3 is 0 Å². The average Bonchev–Trinajstić information content (AvgIpc) is 3.09. The Morgan fingerprint density at radius 2 is 2.04 bits per heavy atom. The minimum absolute atomic E-state index is 0.0559. The van der Waals surface area contributed by atoms with E-state index in [4.69, 9.17) is 0 Å². The van der Waals surface area contributed by atoms with Gasteiger partial charge in [-0.25, -0.2) is 17.7 Å². The molecule has 0 atom stereocenters. The van der Waals surface area contributed by atoms with Crippen LogP contribution in [0.5, 0.6) is 0 Å². The minimum atomic E-state index is -3.69. The van der Waals surface area contributed by atoms with Gasteiger partial charge in [0, 0.05) is 35.6 Å². The Morgan fingerprint density at radius 3 is 2.68 bits per heavy atom. The standard InChI is InChI=1S/C19H22BrN3O3S2/c1-4-11-23(19-21-15-7-5-6-8-16(15)27-19)18(24)13-9-10-14(20)17(12-13)28(25,26)22(2)3/h4,9-10,12H,1,5-8,11H2,2-3H3. The number of aromatic nitrogens is 1. The summed E-state index contributed by atoms with van der Waals surface area (Å²) in [4.78, 5) is 20.8. The number of nitrogens with zero attached hydrogens (tertiary/aromatic N) is 3. The molecule has 3 rings (SSSR count). The average molecular weight is 484 g/mol. The molecule has 28 heavy (non-hydrogen) atoms. The number of halogens is 1. The number of aryl methyl sites for hydroxylation is 2. The van der Waals surface area contributed by atoms with E-state index in [2.05, 4.69) is 27.5 Å². The maximum Gasteiger partial charge on any atom is 0.260 e. The lowest BCUT2D eigenvalue weighted by Gasteiger charge is -2.19. The molecule has 0 radical (unpaired) electrons. The summed E-state index contributed by atoms with van der Waals surface area (Å²) in [6.07, 6.45) is 5.83. The number of hydrogen-bond donors (Lipinski definition) is 0. The Labute approximate surface area is 178 Å². The lowest BCUT2D eigenvalue weighted by molar-refractivity contribution is 0.0989. The van der Waals surface area contributed by atoms with Crippen LogP contribution in [0.15, 0.2) is 40.2 Å². The molecule has 0 saturated carbocycles. The molecule has 1 amide bonds. The highest BCUT2D eigenvalue weighted by molar-refractivity contribution is 9.10. The first kappa shape index (κ1) is 21.2. The molecule has 0 unspecified atom stereocenters. The van der Waals surface area contributed by atoms with Crippen molar-refractivity contribution in [2.75, 3.05) is 25.5 Å². The fraction of sp³-hybridized carbons (Fsp3) is 0.368. The van der Waals surface area contributed by atoms with Gasteiger partial charge in [-0.3, -0.25) is 9.69 Å². The topological polar surface area (TPSA) is 70.6 Å². The van der Waals surface area contributed by atoms with Crippen molar-refractivity contribution >= 4 is 48.3 Å². The Hall–Kier alpha value is -1.55. The lowest BCUT2D eigenvalue weighted by atomic mass is 10.0. The molecule has 2 aromatic rings. The summed E-state index contributed by atoms with van der Waals surface area (Å²) in [7, 11) is -0.769. The summed E-state index contributed by atoms with van der Waals surface area (Å²) in [6, 6.07) is 4.61. The predicted molar refractivity (Wildman–Crippen MR) is 116 cm³/mol. The van der Waals surface area contributed by atoms with Crippen molar-refractivity contribution in [2.24, 2.45) is 0 Å². The molecule has 1 heterocycles. The molecule has 0 bridgehead atoms. The van der Waals surface area contributed by atoms with Crippen molar-refractivity contribution in [2.45, 2.75) is 30.6 Å². The van der Waals surface area contributed by atoms with Gasteiger partial charge in [0.2, 0.25) is 10.0 Å². The number of carbonyl (C=O) groups is 1. The number of anilines is 1. The Bertz CT molecular complexity index is 992. The van der Waals surface area contributed by atoms with Gasteiger partial charge in [-0.15, -0.1) is 17.9 Å². The van der Waals surface area contributed by atoms with Crippen LogP contribution in [0.25, 0.3) is 0 Å². The molecule has 1 aliphatic rings. The minimum Gasteiger partial charge on any atom is -0.280 e. The molecular formula is C19H22BrN3O3S2. The lowest BCUT2D eigenvalue weighted by Crippen LogP contribution is -2.31. The van der Waals surface area contributed by atoms with E-state index in [1.165, 1.54) is 36.4 Å². The zero-order chi connectivity index (χ0) is 20.5. The maximum absolute atomic E-state index is 13.2. The molecule has 9 heteroatoms. The summed E-state index contributed by atoms with van der Waals surface area (Å²) in [5.74, 6) is -0.297. The van der Waals surface area contributed by atoms with Crippen LogP contribution >= 0.6 is 27.3 Å². The van der Waals surface area contributed by atoms with Gasteiger partial charge in [-0.05, 0) is 59.8 Å². The molecular weight excluding hydrogens is 462 g/mol. The Kier molecular flexibility index (Phi) is 6.38. The molecule has 0 spiro atoms. The zero-order valence-electron chi connectivity index (χ0n) is 15.8. The molecule has 150 valence electrons. The van der Waals surface area contributed by atoms with Gasteiger partial charge in [-0.2, -0.15) is 0 Å². The van der Waals surface area contributed by atoms with Crippen molar-refractivity contribution in [1.82, 2.24) is 9.29 Å². The van der Waals surface area contributed by atoms with Gasteiger partial charge in [0.25, 0.3) is 5.91 Å². The number of amides is 1. The second kappa shape index (κ2) is 8.44. The third-order valence-electron chi connectivity index (χ3n) is 4.56. The van der Waals surface area contributed by atoms with Crippen LogP contribution in [0.4, 0.5) is 5.13 Å². The third kappa shape index (κ3) is 4.07. The fourth-order valence-corrected chi connectivity index (χ4v) is 6.02. The highest BCUT2D eigenvalue weighted by Gasteiger charge is 2.26. The Morgan fingerprint density at radius 1 is 1.32 bits per heavy atom. The molecule has 1 aromatic carbocycles. The van der Waals surface area contributed by atoms with Crippen molar-refractivity contribution in [3.63, 3.8) is 0 Å². The molecule has 0 fully saturated rings. The summed E-state index contributed by atoms with van der Waals surface area (Å²) >= 11 is 4.81. The molecule has 1 aromatic heterocycles. The first-order chi connectivity index (χ1) is 13.3. The second-order valence-electron chi connectivity index (χ2n) is 6.71. The van der Waals surface area contributed by atoms with E-state index in [0.29, 0.717) is 21.7 Å². The Balaban J connectivity index is 2.00. The molecule has 6 nitrogen and oxygen atoms in total. The van der Waals surface area contributed by atoms with Crippen LogP contribution in [0, 0.1) is 0 Å². The predicted octanol–water partition coefficient (Wildman–Crippen LogP) is 3.87. The molecule has 0 saturated heterocycles. The highest BCUT2D eigenvalue weighted by atomic mass is 79.9. The van der Waals surface area contributed by atoms with Crippen LogP contribution in [0.1, 0.15) is 33.8 Å². The fourth-order valence-electron chi connectivity index (χ4n) is 3.02.